The third-order valence-electron chi connectivity index (χ3n) is 4.29. The number of nitrogens with one attached hydrogen (secondary N) is 1. The van der Waals surface area contributed by atoms with Gasteiger partial charge in [-0.05, 0) is 43.2 Å². The van der Waals surface area contributed by atoms with Crippen LogP contribution in [0.1, 0.15) is 46.1 Å². The summed E-state index contributed by atoms with van der Waals surface area (Å²) in [5.74, 6) is -2.01. The predicted octanol–water partition coefficient (Wildman–Crippen LogP) is 2.84. The Balaban J connectivity index is 2.10. The van der Waals surface area contributed by atoms with Crippen molar-refractivity contribution < 1.29 is 28.3 Å². The summed E-state index contributed by atoms with van der Waals surface area (Å²) in [5.41, 5.74) is 0.288. The summed E-state index contributed by atoms with van der Waals surface area (Å²) in [6.45, 7) is 5.18. The Morgan fingerprint density at radius 1 is 1.21 bits per heavy atom. The Bertz CT molecular complexity index is 873. The summed E-state index contributed by atoms with van der Waals surface area (Å²) < 4.78 is 18.4. The minimum Gasteiger partial charge on any atom is -0.478 e. The number of benzene rings is 1. The molecular formula is C20H23FN2O5. The number of aromatic carboxylic acids is 1. The van der Waals surface area contributed by atoms with Crippen LogP contribution in [0.25, 0.3) is 0 Å². The molecule has 8 heteroatoms. The Morgan fingerprint density at radius 2 is 1.82 bits per heavy atom. The average Bonchev–Trinajstić information content (AvgIpc) is 2.99. The lowest BCUT2D eigenvalue weighted by atomic mass is 10.0. The fraction of sp³-hybridized carbons (Fsp3) is 0.350. The van der Waals surface area contributed by atoms with Crippen LogP contribution in [-0.4, -0.2) is 40.9 Å². The zero-order chi connectivity index (χ0) is 21.0. The molecule has 0 saturated carbocycles. The summed E-state index contributed by atoms with van der Waals surface area (Å²) in [4.78, 5) is 37.7. The van der Waals surface area contributed by atoms with Gasteiger partial charge in [-0.25, -0.2) is 9.18 Å². The number of aryl methyl sites for hydroxylation is 1. The van der Waals surface area contributed by atoms with Crippen LogP contribution in [0.4, 0.5) is 4.39 Å². The van der Waals surface area contributed by atoms with Gasteiger partial charge in [0, 0.05) is 12.6 Å². The summed E-state index contributed by atoms with van der Waals surface area (Å²) in [6.07, 6.45) is 0. The van der Waals surface area contributed by atoms with E-state index in [2.05, 4.69) is 5.32 Å². The van der Waals surface area contributed by atoms with Crippen molar-refractivity contribution in [1.29, 1.82) is 0 Å². The second-order valence-electron chi connectivity index (χ2n) is 6.88. The van der Waals surface area contributed by atoms with Gasteiger partial charge in [0.25, 0.3) is 5.91 Å². The molecular weight excluding hydrogens is 367 g/mol. The molecule has 1 atom stereocenters. The number of rotatable bonds is 7. The first-order valence-electron chi connectivity index (χ1n) is 8.74. The van der Waals surface area contributed by atoms with Gasteiger partial charge >= 0.3 is 5.97 Å². The normalized spacial score (nSPS) is 11.9. The van der Waals surface area contributed by atoms with Gasteiger partial charge in [-0.15, -0.1) is 0 Å². The van der Waals surface area contributed by atoms with Crippen LogP contribution < -0.4 is 5.32 Å². The number of carboxylic acid groups (broad SMARTS) is 1. The zero-order valence-corrected chi connectivity index (χ0v) is 16.2. The highest BCUT2D eigenvalue weighted by atomic mass is 19.1. The molecule has 0 aliphatic rings. The number of furan rings is 1. The molecule has 7 nitrogen and oxygen atoms in total. The number of amides is 2. The first-order valence-corrected chi connectivity index (χ1v) is 8.74. The van der Waals surface area contributed by atoms with Crippen molar-refractivity contribution >= 4 is 17.8 Å². The van der Waals surface area contributed by atoms with Crippen LogP contribution >= 0.6 is 0 Å². The zero-order valence-electron chi connectivity index (χ0n) is 16.2. The quantitative estimate of drug-likeness (QED) is 0.757. The summed E-state index contributed by atoms with van der Waals surface area (Å²) in [7, 11) is 1.54. The van der Waals surface area contributed by atoms with Crippen LogP contribution in [0, 0.1) is 18.7 Å². The lowest BCUT2D eigenvalue weighted by Gasteiger charge is -2.26. The largest absolute Gasteiger partial charge is 0.478 e. The summed E-state index contributed by atoms with van der Waals surface area (Å²) >= 11 is 0. The molecule has 1 heterocycles. The third-order valence-corrected chi connectivity index (χ3v) is 4.29. The molecule has 0 bridgehead atoms. The van der Waals surface area contributed by atoms with Crippen molar-refractivity contribution in [1.82, 2.24) is 10.2 Å². The van der Waals surface area contributed by atoms with Crippen molar-refractivity contribution in [2.75, 3.05) is 7.05 Å². The fourth-order valence-corrected chi connectivity index (χ4v) is 2.72. The van der Waals surface area contributed by atoms with Crippen molar-refractivity contribution in [3.63, 3.8) is 0 Å². The molecule has 0 aliphatic heterocycles. The van der Waals surface area contributed by atoms with Crippen molar-refractivity contribution in [2.24, 2.45) is 5.92 Å². The van der Waals surface area contributed by atoms with Crippen molar-refractivity contribution in [3.8, 4) is 0 Å². The summed E-state index contributed by atoms with van der Waals surface area (Å²) in [6, 6.07) is 5.60. The number of likely N-dealkylation sites (N-methyl/N-ethyl adjacent to an activating group) is 1. The van der Waals surface area contributed by atoms with E-state index in [1.165, 1.54) is 42.2 Å². The topological polar surface area (TPSA) is 99.9 Å². The van der Waals surface area contributed by atoms with Crippen LogP contribution in [0.15, 0.2) is 34.7 Å². The number of nitrogens with zero attached hydrogens (tertiary/aromatic N) is 1. The maximum absolute atomic E-state index is 13.0. The van der Waals surface area contributed by atoms with Gasteiger partial charge in [0.1, 0.15) is 28.9 Å². The van der Waals surface area contributed by atoms with Gasteiger partial charge in [-0.2, -0.15) is 0 Å². The maximum atomic E-state index is 13.0. The van der Waals surface area contributed by atoms with Crippen LogP contribution in [0.5, 0.6) is 0 Å². The molecule has 2 N–H and O–H groups in total. The predicted molar refractivity (Wildman–Crippen MR) is 99.4 cm³/mol. The van der Waals surface area contributed by atoms with Crippen LogP contribution in [0.2, 0.25) is 0 Å². The smallest absolute Gasteiger partial charge is 0.339 e. The molecule has 2 aromatic rings. The molecule has 0 saturated heterocycles. The number of carbonyl (C=O) groups excluding carboxylic acids is 2. The molecule has 2 amide bonds. The van der Waals surface area contributed by atoms with E-state index in [1.807, 2.05) is 0 Å². The van der Waals surface area contributed by atoms with Crippen molar-refractivity contribution in [3.05, 3.63) is 58.8 Å². The molecule has 2 rings (SSSR count). The Morgan fingerprint density at radius 3 is 2.32 bits per heavy atom. The lowest BCUT2D eigenvalue weighted by Crippen LogP contribution is -2.50. The molecule has 28 heavy (non-hydrogen) atoms. The van der Waals surface area contributed by atoms with Gasteiger partial charge in [0.15, 0.2) is 0 Å². The Hall–Kier alpha value is -3.16. The number of halogens is 1. The molecule has 0 fully saturated rings. The van der Waals surface area contributed by atoms with E-state index in [0.29, 0.717) is 5.76 Å². The molecule has 0 spiro atoms. The first kappa shape index (κ1) is 21.1. The minimum absolute atomic E-state index is 0.0425. The minimum atomic E-state index is -1.10. The Labute approximate surface area is 162 Å². The molecule has 0 aliphatic carbocycles. The average molecular weight is 390 g/mol. The van der Waals surface area contributed by atoms with Gasteiger partial charge in [0.2, 0.25) is 5.91 Å². The number of hydrogen-bond acceptors (Lipinski definition) is 4. The van der Waals surface area contributed by atoms with Gasteiger partial charge in [-0.3, -0.25) is 9.59 Å². The SMILES string of the molecule is Cc1oc(CN(C)C(=O)C(NC(=O)c2ccc(F)cc2)C(C)C)cc1C(=O)O. The van der Waals surface area contributed by atoms with E-state index in [1.54, 1.807) is 20.9 Å². The number of carbonyl (C=O) groups is 3. The third kappa shape index (κ3) is 4.97. The van der Waals surface area contributed by atoms with Gasteiger partial charge in [0.05, 0.1) is 6.54 Å². The molecule has 150 valence electrons. The number of carboxylic acids is 1. The van der Waals surface area contributed by atoms with Gasteiger partial charge in [-0.1, -0.05) is 13.8 Å². The van der Waals surface area contributed by atoms with E-state index in [9.17, 15) is 18.8 Å². The molecule has 0 radical (unpaired) electrons. The number of hydrogen-bond donors (Lipinski definition) is 2. The lowest BCUT2D eigenvalue weighted by molar-refractivity contribution is -0.133. The van der Waals surface area contributed by atoms with E-state index >= 15 is 0 Å². The summed E-state index contributed by atoms with van der Waals surface area (Å²) in [5, 5.41) is 11.8. The highest BCUT2D eigenvalue weighted by Gasteiger charge is 2.28. The van der Waals surface area contributed by atoms with Crippen LogP contribution in [0.3, 0.4) is 0 Å². The van der Waals surface area contributed by atoms with E-state index in [4.69, 9.17) is 9.52 Å². The maximum Gasteiger partial charge on any atom is 0.339 e. The van der Waals surface area contributed by atoms with Crippen molar-refractivity contribution in [2.45, 2.75) is 33.4 Å². The monoisotopic (exact) mass is 390 g/mol. The van der Waals surface area contributed by atoms with E-state index in [-0.39, 0.29) is 35.3 Å². The first-order chi connectivity index (χ1) is 13.1. The second-order valence-corrected chi connectivity index (χ2v) is 6.88. The highest BCUT2D eigenvalue weighted by molar-refractivity contribution is 5.97. The highest BCUT2D eigenvalue weighted by Crippen LogP contribution is 2.17. The Kier molecular flexibility index (Phi) is 6.56. The standard InChI is InChI=1S/C20H23FN2O5/c1-11(2)17(22-18(24)13-5-7-14(21)8-6-13)19(25)23(4)10-15-9-16(20(26)27)12(3)28-15/h5-9,11,17H,10H2,1-4H3,(H,22,24)(H,26,27). The van der Waals surface area contributed by atoms with Gasteiger partial charge < -0.3 is 19.7 Å². The fourth-order valence-electron chi connectivity index (χ4n) is 2.72. The molecule has 1 aromatic heterocycles. The second kappa shape index (κ2) is 8.69. The molecule has 1 aromatic carbocycles. The molecule has 1 unspecified atom stereocenters. The van der Waals surface area contributed by atoms with Crippen LogP contribution in [-0.2, 0) is 11.3 Å². The van der Waals surface area contributed by atoms with E-state index in [0.717, 1.165) is 0 Å². The van der Waals surface area contributed by atoms with E-state index < -0.39 is 23.7 Å².